The molecule has 4 nitrogen and oxygen atoms in total. The van der Waals surface area contributed by atoms with Gasteiger partial charge in [-0.1, -0.05) is 32.4 Å². The molecule has 0 amide bonds. The highest BCUT2D eigenvalue weighted by Crippen LogP contribution is 2.24. The summed E-state index contributed by atoms with van der Waals surface area (Å²) in [5, 5.41) is 0.534. The Labute approximate surface area is 127 Å². The van der Waals surface area contributed by atoms with E-state index < -0.39 is 0 Å². The third kappa shape index (κ3) is 3.61. The fourth-order valence-corrected chi connectivity index (χ4v) is 2.55. The van der Waals surface area contributed by atoms with Gasteiger partial charge in [0, 0.05) is 43.7 Å². The predicted octanol–water partition coefficient (Wildman–Crippen LogP) is 2.96. The van der Waals surface area contributed by atoms with Gasteiger partial charge in [0.15, 0.2) is 0 Å². The SMILES string of the molecule is CC(C)N1CCN(c2cc(Cl)nc(C(C)(C)C)n2)CC1. The van der Waals surface area contributed by atoms with Crippen LogP contribution in [0, 0.1) is 0 Å². The first-order valence-electron chi connectivity index (χ1n) is 7.31. The molecule has 0 spiro atoms. The molecular weight excluding hydrogens is 272 g/mol. The second-order valence-electron chi connectivity index (χ2n) is 6.74. The van der Waals surface area contributed by atoms with Gasteiger partial charge < -0.3 is 4.90 Å². The number of rotatable bonds is 2. The zero-order valence-corrected chi connectivity index (χ0v) is 13.9. The average molecular weight is 297 g/mol. The average Bonchev–Trinajstić information content (AvgIpc) is 2.37. The van der Waals surface area contributed by atoms with E-state index in [-0.39, 0.29) is 5.41 Å². The van der Waals surface area contributed by atoms with E-state index in [9.17, 15) is 0 Å². The normalized spacial score (nSPS) is 17.9. The monoisotopic (exact) mass is 296 g/mol. The Hall–Kier alpha value is -0.870. The highest BCUT2D eigenvalue weighted by atomic mass is 35.5. The van der Waals surface area contributed by atoms with Gasteiger partial charge in [-0.2, -0.15) is 0 Å². The molecule has 0 radical (unpaired) electrons. The molecule has 1 aromatic rings. The van der Waals surface area contributed by atoms with Crippen LogP contribution in [0.1, 0.15) is 40.4 Å². The van der Waals surface area contributed by atoms with Crippen LogP contribution in [-0.4, -0.2) is 47.1 Å². The van der Waals surface area contributed by atoms with Gasteiger partial charge in [0.25, 0.3) is 0 Å². The molecule has 1 saturated heterocycles. The number of hydrogen-bond donors (Lipinski definition) is 0. The van der Waals surface area contributed by atoms with Crippen molar-refractivity contribution in [1.82, 2.24) is 14.9 Å². The molecule has 0 aromatic carbocycles. The molecule has 20 heavy (non-hydrogen) atoms. The Kier molecular flexibility index (Phi) is 4.55. The second kappa shape index (κ2) is 5.86. The molecule has 112 valence electrons. The minimum atomic E-state index is -0.0839. The van der Waals surface area contributed by atoms with E-state index in [1.165, 1.54) is 0 Å². The zero-order chi connectivity index (χ0) is 14.9. The van der Waals surface area contributed by atoms with Crippen molar-refractivity contribution < 1.29 is 0 Å². The highest BCUT2D eigenvalue weighted by molar-refractivity contribution is 6.29. The maximum Gasteiger partial charge on any atom is 0.137 e. The van der Waals surface area contributed by atoms with Crippen molar-refractivity contribution in [2.45, 2.75) is 46.1 Å². The fourth-order valence-electron chi connectivity index (χ4n) is 2.37. The molecule has 0 unspecified atom stereocenters. The van der Waals surface area contributed by atoms with Crippen LogP contribution in [0.2, 0.25) is 5.15 Å². The van der Waals surface area contributed by atoms with Crippen molar-refractivity contribution in [2.75, 3.05) is 31.1 Å². The largest absolute Gasteiger partial charge is 0.354 e. The molecule has 0 aliphatic carbocycles. The summed E-state index contributed by atoms with van der Waals surface area (Å²) in [6.45, 7) is 15.0. The van der Waals surface area contributed by atoms with Gasteiger partial charge in [-0.15, -0.1) is 0 Å². The van der Waals surface area contributed by atoms with Gasteiger partial charge in [0.05, 0.1) is 0 Å². The lowest BCUT2D eigenvalue weighted by Gasteiger charge is -2.37. The van der Waals surface area contributed by atoms with Crippen LogP contribution in [0.5, 0.6) is 0 Å². The van der Waals surface area contributed by atoms with Crippen molar-refractivity contribution in [1.29, 1.82) is 0 Å². The molecule has 1 fully saturated rings. The molecule has 1 aliphatic rings. The predicted molar refractivity (Wildman–Crippen MR) is 84.7 cm³/mol. The summed E-state index contributed by atoms with van der Waals surface area (Å²) in [5.74, 6) is 1.77. The van der Waals surface area contributed by atoms with E-state index in [4.69, 9.17) is 16.6 Å². The molecule has 0 N–H and O–H groups in total. The van der Waals surface area contributed by atoms with Crippen LogP contribution in [-0.2, 0) is 5.41 Å². The fraction of sp³-hybridized carbons (Fsp3) is 0.733. The molecule has 1 aromatic heterocycles. The first-order valence-corrected chi connectivity index (χ1v) is 7.69. The Morgan fingerprint density at radius 3 is 2.20 bits per heavy atom. The number of hydrogen-bond acceptors (Lipinski definition) is 4. The first-order chi connectivity index (χ1) is 9.27. The lowest BCUT2D eigenvalue weighted by molar-refractivity contribution is 0.209. The molecule has 2 rings (SSSR count). The van der Waals surface area contributed by atoms with Crippen LogP contribution in [0.15, 0.2) is 6.07 Å². The summed E-state index contributed by atoms with van der Waals surface area (Å²) < 4.78 is 0. The Morgan fingerprint density at radius 2 is 1.70 bits per heavy atom. The van der Waals surface area contributed by atoms with Crippen molar-refractivity contribution in [2.24, 2.45) is 0 Å². The smallest absolute Gasteiger partial charge is 0.137 e. The first kappa shape index (κ1) is 15.5. The van der Waals surface area contributed by atoms with E-state index >= 15 is 0 Å². The Morgan fingerprint density at radius 1 is 1.10 bits per heavy atom. The van der Waals surface area contributed by atoms with E-state index in [0.717, 1.165) is 37.8 Å². The Bertz CT molecular complexity index is 459. The summed E-state index contributed by atoms with van der Waals surface area (Å²) in [6, 6.07) is 2.48. The van der Waals surface area contributed by atoms with E-state index in [1.807, 2.05) is 6.07 Å². The lowest BCUT2D eigenvalue weighted by Crippen LogP contribution is -2.49. The van der Waals surface area contributed by atoms with Crippen LogP contribution in [0.25, 0.3) is 0 Å². The van der Waals surface area contributed by atoms with E-state index in [2.05, 4.69) is 49.4 Å². The lowest BCUT2D eigenvalue weighted by atomic mass is 9.96. The third-order valence-electron chi connectivity index (χ3n) is 3.72. The van der Waals surface area contributed by atoms with Gasteiger partial charge in [0.1, 0.15) is 16.8 Å². The summed E-state index contributed by atoms with van der Waals surface area (Å²) >= 11 is 6.17. The van der Waals surface area contributed by atoms with Crippen LogP contribution < -0.4 is 4.90 Å². The number of nitrogens with zero attached hydrogens (tertiary/aromatic N) is 4. The van der Waals surface area contributed by atoms with Crippen LogP contribution in [0.4, 0.5) is 5.82 Å². The van der Waals surface area contributed by atoms with E-state index in [0.29, 0.717) is 11.2 Å². The third-order valence-corrected chi connectivity index (χ3v) is 3.91. The second-order valence-corrected chi connectivity index (χ2v) is 7.13. The van der Waals surface area contributed by atoms with E-state index in [1.54, 1.807) is 0 Å². The van der Waals surface area contributed by atoms with Gasteiger partial charge in [-0.3, -0.25) is 4.90 Å². The van der Waals surface area contributed by atoms with Gasteiger partial charge >= 0.3 is 0 Å². The summed E-state index contributed by atoms with van der Waals surface area (Å²) in [6.07, 6.45) is 0. The van der Waals surface area contributed by atoms with Gasteiger partial charge in [0.2, 0.25) is 0 Å². The number of halogens is 1. The molecular formula is C15H25ClN4. The zero-order valence-electron chi connectivity index (χ0n) is 13.1. The number of aromatic nitrogens is 2. The van der Waals surface area contributed by atoms with Gasteiger partial charge in [-0.05, 0) is 13.8 Å². The van der Waals surface area contributed by atoms with Crippen LogP contribution >= 0.6 is 11.6 Å². The minimum Gasteiger partial charge on any atom is -0.354 e. The molecule has 0 atom stereocenters. The topological polar surface area (TPSA) is 32.3 Å². The van der Waals surface area contributed by atoms with Crippen LogP contribution in [0.3, 0.4) is 0 Å². The van der Waals surface area contributed by atoms with Crippen molar-refractivity contribution in [3.63, 3.8) is 0 Å². The summed E-state index contributed by atoms with van der Waals surface area (Å²) in [5.41, 5.74) is -0.0839. The number of piperazine rings is 1. The molecule has 1 aliphatic heterocycles. The maximum atomic E-state index is 6.17. The molecule has 5 heteroatoms. The summed E-state index contributed by atoms with van der Waals surface area (Å²) in [7, 11) is 0. The maximum absolute atomic E-state index is 6.17. The number of anilines is 1. The van der Waals surface area contributed by atoms with Crippen molar-refractivity contribution in [3.05, 3.63) is 17.0 Å². The van der Waals surface area contributed by atoms with Crippen molar-refractivity contribution in [3.8, 4) is 0 Å². The van der Waals surface area contributed by atoms with Crippen molar-refractivity contribution >= 4 is 17.4 Å². The quantitative estimate of drug-likeness (QED) is 0.786. The summed E-state index contributed by atoms with van der Waals surface area (Å²) in [4.78, 5) is 13.9. The minimum absolute atomic E-state index is 0.0839. The molecule has 2 heterocycles. The standard InChI is InChI=1S/C15H25ClN4/c1-11(2)19-6-8-20(9-7-19)13-10-12(16)17-14(18-13)15(3,4)5/h10-11H,6-9H2,1-5H3. The highest BCUT2D eigenvalue weighted by Gasteiger charge is 2.23. The molecule has 0 saturated carbocycles. The van der Waals surface area contributed by atoms with Gasteiger partial charge in [-0.25, -0.2) is 9.97 Å². The molecule has 0 bridgehead atoms. The Balaban J connectivity index is 2.16.